The molecule has 1 aromatic carbocycles. The monoisotopic (exact) mass is 347 g/mol. The Morgan fingerprint density at radius 2 is 1.76 bits per heavy atom. The fourth-order valence-electron chi connectivity index (χ4n) is 3.44. The number of likely N-dealkylation sites (tertiary alicyclic amines) is 1. The summed E-state index contributed by atoms with van der Waals surface area (Å²) in [4.78, 5) is 41.8. The Balaban J connectivity index is 1.57. The molecule has 2 fully saturated rings. The summed E-state index contributed by atoms with van der Waals surface area (Å²) < 4.78 is 13.8. The summed E-state index contributed by atoms with van der Waals surface area (Å²) in [5.41, 5.74) is 0.0576. The van der Waals surface area contributed by atoms with E-state index in [-0.39, 0.29) is 35.6 Å². The topological polar surface area (TPSA) is 60.9 Å². The summed E-state index contributed by atoms with van der Waals surface area (Å²) in [6.07, 6.45) is 0.265. The molecule has 0 saturated carbocycles. The third-order valence-electron chi connectivity index (χ3n) is 4.93. The number of amides is 3. The van der Waals surface area contributed by atoms with Gasteiger partial charge in [-0.3, -0.25) is 14.4 Å². The Kier molecular flexibility index (Phi) is 5.01. The second-order valence-electron chi connectivity index (χ2n) is 6.43. The van der Waals surface area contributed by atoms with E-state index < -0.39 is 5.82 Å². The van der Waals surface area contributed by atoms with Crippen molar-refractivity contribution in [2.24, 2.45) is 5.92 Å². The van der Waals surface area contributed by atoms with Crippen LogP contribution in [-0.2, 0) is 9.59 Å². The minimum atomic E-state index is -0.532. The molecule has 3 rings (SSSR count). The van der Waals surface area contributed by atoms with Gasteiger partial charge >= 0.3 is 0 Å². The van der Waals surface area contributed by atoms with Crippen molar-refractivity contribution < 1.29 is 18.8 Å². The molecule has 6 nitrogen and oxygen atoms in total. The van der Waals surface area contributed by atoms with Crippen LogP contribution in [0.4, 0.5) is 4.39 Å². The van der Waals surface area contributed by atoms with Gasteiger partial charge in [0.1, 0.15) is 5.82 Å². The highest BCUT2D eigenvalue weighted by Crippen LogP contribution is 2.21. The third-order valence-corrected chi connectivity index (χ3v) is 4.93. The first kappa shape index (κ1) is 17.4. The van der Waals surface area contributed by atoms with E-state index in [1.807, 2.05) is 6.92 Å². The SMILES string of the molecule is CCN1CC(C(=O)N2CCN(C(=O)c3ccccc3F)CC2)CC1=O. The quantitative estimate of drug-likeness (QED) is 0.819. The van der Waals surface area contributed by atoms with Gasteiger partial charge in [0, 0.05) is 45.7 Å². The van der Waals surface area contributed by atoms with Crippen LogP contribution in [-0.4, -0.2) is 71.7 Å². The van der Waals surface area contributed by atoms with Crippen molar-refractivity contribution in [3.63, 3.8) is 0 Å². The van der Waals surface area contributed by atoms with E-state index in [1.54, 1.807) is 26.8 Å². The van der Waals surface area contributed by atoms with Crippen molar-refractivity contribution in [3.8, 4) is 0 Å². The Bertz CT molecular complexity index is 686. The first-order valence-corrected chi connectivity index (χ1v) is 8.61. The minimum absolute atomic E-state index is 0.0224. The number of benzene rings is 1. The lowest BCUT2D eigenvalue weighted by Crippen LogP contribution is -2.52. The Hall–Kier alpha value is -2.44. The van der Waals surface area contributed by atoms with Gasteiger partial charge in [-0.05, 0) is 19.1 Å². The minimum Gasteiger partial charge on any atom is -0.342 e. The predicted molar refractivity (Wildman–Crippen MR) is 89.2 cm³/mol. The van der Waals surface area contributed by atoms with Crippen LogP contribution in [0.5, 0.6) is 0 Å². The smallest absolute Gasteiger partial charge is 0.256 e. The highest BCUT2D eigenvalue weighted by molar-refractivity contribution is 5.95. The predicted octanol–water partition coefficient (Wildman–Crippen LogP) is 0.978. The van der Waals surface area contributed by atoms with E-state index in [1.165, 1.54) is 12.1 Å². The average molecular weight is 347 g/mol. The highest BCUT2D eigenvalue weighted by Gasteiger charge is 2.37. The zero-order chi connectivity index (χ0) is 18.0. The number of hydrogen-bond donors (Lipinski definition) is 0. The summed E-state index contributed by atoms with van der Waals surface area (Å²) in [6, 6.07) is 5.92. The van der Waals surface area contributed by atoms with E-state index in [9.17, 15) is 18.8 Å². The number of hydrogen-bond acceptors (Lipinski definition) is 3. The van der Waals surface area contributed by atoms with Gasteiger partial charge in [-0.2, -0.15) is 0 Å². The summed E-state index contributed by atoms with van der Waals surface area (Å²) in [5.74, 6) is -1.17. The van der Waals surface area contributed by atoms with Crippen molar-refractivity contribution >= 4 is 17.7 Å². The van der Waals surface area contributed by atoms with Crippen LogP contribution in [0.15, 0.2) is 24.3 Å². The molecule has 0 aromatic heterocycles. The lowest BCUT2D eigenvalue weighted by Gasteiger charge is -2.36. The van der Waals surface area contributed by atoms with E-state index >= 15 is 0 Å². The van der Waals surface area contributed by atoms with Gasteiger partial charge in [-0.15, -0.1) is 0 Å². The van der Waals surface area contributed by atoms with Crippen LogP contribution in [0.3, 0.4) is 0 Å². The van der Waals surface area contributed by atoms with Crippen molar-refractivity contribution in [3.05, 3.63) is 35.6 Å². The van der Waals surface area contributed by atoms with Gasteiger partial charge in [0.2, 0.25) is 11.8 Å². The largest absolute Gasteiger partial charge is 0.342 e. The number of rotatable bonds is 3. The highest BCUT2D eigenvalue weighted by atomic mass is 19.1. The standard InChI is InChI=1S/C18H22FN3O3/c1-2-20-12-13(11-16(20)23)17(24)21-7-9-22(10-8-21)18(25)14-5-3-4-6-15(14)19/h3-6,13H,2,7-12H2,1H3. The Labute approximate surface area is 146 Å². The van der Waals surface area contributed by atoms with Crippen LogP contribution in [0.2, 0.25) is 0 Å². The van der Waals surface area contributed by atoms with Crippen molar-refractivity contribution in [1.82, 2.24) is 14.7 Å². The van der Waals surface area contributed by atoms with Crippen LogP contribution < -0.4 is 0 Å². The van der Waals surface area contributed by atoms with Gasteiger partial charge in [0.25, 0.3) is 5.91 Å². The molecule has 1 atom stereocenters. The number of carbonyl (C=O) groups is 3. The molecule has 1 unspecified atom stereocenters. The van der Waals surface area contributed by atoms with Gasteiger partial charge in [-0.1, -0.05) is 12.1 Å². The molecule has 2 aliphatic rings. The zero-order valence-corrected chi connectivity index (χ0v) is 14.3. The first-order valence-electron chi connectivity index (χ1n) is 8.61. The molecule has 0 N–H and O–H groups in total. The zero-order valence-electron chi connectivity index (χ0n) is 14.3. The molecular formula is C18H22FN3O3. The maximum Gasteiger partial charge on any atom is 0.256 e. The second-order valence-corrected chi connectivity index (χ2v) is 6.43. The lowest BCUT2D eigenvalue weighted by atomic mass is 10.1. The van der Waals surface area contributed by atoms with Gasteiger partial charge < -0.3 is 14.7 Å². The normalized spacial score (nSPS) is 21.0. The molecule has 0 radical (unpaired) electrons. The summed E-state index contributed by atoms with van der Waals surface area (Å²) >= 11 is 0. The first-order chi connectivity index (χ1) is 12.0. The van der Waals surface area contributed by atoms with E-state index in [4.69, 9.17) is 0 Å². The van der Waals surface area contributed by atoms with E-state index in [0.717, 1.165) is 0 Å². The molecule has 3 amide bonds. The molecule has 2 aliphatic heterocycles. The number of piperazine rings is 1. The number of halogens is 1. The van der Waals surface area contributed by atoms with Crippen molar-refractivity contribution in [2.45, 2.75) is 13.3 Å². The maximum atomic E-state index is 13.8. The van der Waals surface area contributed by atoms with Crippen LogP contribution >= 0.6 is 0 Å². The molecule has 2 saturated heterocycles. The average Bonchev–Trinajstić information content (AvgIpc) is 3.02. The fourth-order valence-corrected chi connectivity index (χ4v) is 3.44. The molecule has 1 aromatic rings. The van der Waals surface area contributed by atoms with Crippen LogP contribution in [0.25, 0.3) is 0 Å². The van der Waals surface area contributed by atoms with Crippen LogP contribution in [0.1, 0.15) is 23.7 Å². The Morgan fingerprint density at radius 1 is 1.12 bits per heavy atom. The lowest BCUT2D eigenvalue weighted by molar-refractivity contribution is -0.137. The fraction of sp³-hybridized carbons (Fsp3) is 0.500. The molecule has 134 valence electrons. The van der Waals surface area contributed by atoms with E-state index in [2.05, 4.69) is 0 Å². The van der Waals surface area contributed by atoms with Gasteiger partial charge in [0.15, 0.2) is 0 Å². The summed E-state index contributed by atoms with van der Waals surface area (Å²) in [6.45, 7) is 4.56. The number of nitrogens with zero attached hydrogens (tertiary/aromatic N) is 3. The molecule has 0 spiro atoms. The number of carbonyl (C=O) groups excluding carboxylic acids is 3. The van der Waals surface area contributed by atoms with Gasteiger partial charge in [0.05, 0.1) is 11.5 Å². The third kappa shape index (κ3) is 3.50. The molecule has 7 heteroatoms. The maximum absolute atomic E-state index is 13.8. The molecule has 0 aliphatic carbocycles. The van der Waals surface area contributed by atoms with Crippen molar-refractivity contribution in [1.29, 1.82) is 0 Å². The molecule has 0 bridgehead atoms. The van der Waals surface area contributed by atoms with E-state index in [0.29, 0.717) is 39.3 Å². The summed E-state index contributed by atoms with van der Waals surface area (Å²) in [5, 5.41) is 0. The second kappa shape index (κ2) is 7.21. The molecular weight excluding hydrogens is 325 g/mol. The molecule has 25 heavy (non-hydrogen) atoms. The molecule has 2 heterocycles. The van der Waals surface area contributed by atoms with Crippen LogP contribution in [0, 0.1) is 11.7 Å². The Morgan fingerprint density at radius 3 is 2.36 bits per heavy atom. The van der Waals surface area contributed by atoms with Crippen molar-refractivity contribution in [2.75, 3.05) is 39.3 Å². The van der Waals surface area contributed by atoms with Gasteiger partial charge in [-0.25, -0.2) is 4.39 Å². The summed E-state index contributed by atoms with van der Waals surface area (Å²) in [7, 11) is 0.